The second-order valence-electron chi connectivity index (χ2n) is 4.96. The number of amides is 1. The highest BCUT2D eigenvalue weighted by Gasteiger charge is 2.20. The number of aromatic nitrogens is 2. The standard InChI is InChI=1S/C13H16N4OS/c14-10-9-5-6-16-17-13(9)19-11(10)12(18)15-7-8-3-1-2-4-8/h5-6,8H,1-4,7,14H2,(H,15,18). The predicted molar refractivity (Wildman–Crippen MR) is 76.1 cm³/mol. The number of fused-ring (bicyclic) bond motifs is 1. The fraction of sp³-hybridized carbons (Fsp3) is 0.462. The van der Waals surface area contributed by atoms with Gasteiger partial charge in [0.05, 0.1) is 11.9 Å². The van der Waals surface area contributed by atoms with Crippen molar-refractivity contribution in [3.05, 3.63) is 17.1 Å². The molecule has 3 rings (SSSR count). The second-order valence-corrected chi connectivity index (χ2v) is 5.95. The molecule has 100 valence electrons. The average Bonchev–Trinajstić information content (AvgIpc) is 3.05. The van der Waals surface area contributed by atoms with Crippen molar-refractivity contribution in [3.8, 4) is 0 Å². The number of nitrogens with two attached hydrogens (primary N) is 1. The van der Waals surface area contributed by atoms with Crippen LogP contribution in [0.1, 0.15) is 35.4 Å². The first-order chi connectivity index (χ1) is 9.25. The summed E-state index contributed by atoms with van der Waals surface area (Å²) in [4.78, 5) is 13.4. The van der Waals surface area contributed by atoms with Crippen LogP contribution in [0.2, 0.25) is 0 Å². The lowest BCUT2D eigenvalue weighted by molar-refractivity contribution is 0.0952. The van der Waals surface area contributed by atoms with Crippen LogP contribution in [0, 0.1) is 5.92 Å². The van der Waals surface area contributed by atoms with E-state index in [9.17, 15) is 4.79 Å². The zero-order chi connectivity index (χ0) is 13.2. The minimum Gasteiger partial charge on any atom is -0.397 e. The quantitative estimate of drug-likeness (QED) is 0.900. The van der Waals surface area contributed by atoms with Gasteiger partial charge in [0.1, 0.15) is 9.71 Å². The zero-order valence-electron chi connectivity index (χ0n) is 10.6. The number of thiophene rings is 1. The van der Waals surface area contributed by atoms with Crippen LogP contribution >= 0.6 is 11.3 Å². The molecule has 1 saturated carbocycles. The third kappa shape index (κ3) is 2.40. The minimum atomic E-state index is -0.0904. The number of carbonyl (C=O) groups is 1. The lowest BCUT2D eigenvalue weighted by Gasteiger charge is -2.09. The Kier molecular flexibility index (Phi) is 3.33. The molecule has 1 fully saturated rings. The van der Waals surface area contributed by atoms with Gasteiger partial charge in [-0.15, -0.1) is 16.4 Å². The largest absolute Gasteiger partial charge is 0.397 e. The van der Waals surface area contributed by atoms with Crippen LogP contribution in [0.5, 0.6) is 0 Å². The predicted octanol–water partition coefficient (Wildman–Crippen LogP) is 2.19. The molecule has 1 aliphatic rings. The Hall–Kier alpha value is -1.69. The Morgan fingerprint density at radius 3 is 3.00 bits per heavy atom. The van der Waals surface area contributed by atoms with Gasteiger partial charge in [-0.25, -0.2) is 0 Å². The molecule has 6 heteroatoms. The minimum absolute atomic E-state index is 0.0904. The van der Waals surface area contributed by atoms with E-state index in [1.165, 1.54) is 37.0 Å². The van der Waals surface area contributed by atoms with Gasteiger partial charge in [-0.05, 0) is 24.8 Å². The second kappa shape index (κ2) is 5.13. The Bertz CT molecular complexity index is 604. The summed E-state index contributed by atoms with van der Waals surface area (Å²) in [5, 5.41) is 11.6. The molecule has 5 nitrogen and oxygen atoms in total. The van der Waals surface area contributed by atoms with E-state index < -0.39 is 0 Å². The first kappa shape index (κ1) is 12.3. The normalized spacial score (nSPS) is 16.0. The number of nitrogens with one attached hydrogen (secondary N) is 1. The van der Waals surface area contributed by atoms with Crippen molar-refractivity contribution in [2.45, 2.75) is 25.7 Å². The Morgan fingerprint density at radius 2 is 2.26 bits per heavy atom. The summed E-state index contributed by atoms with van der Waals surface area (Å²) in [6.07, 6.45) is 6.58. The molecule has 0 spiro atoms. The number of hydrogen-bond acceptors (Lipinski definition) is 5. The van der Waals surface area contributed by atoms with Crippen molar-refractivity contribution in [1.29, 1.82) is 0 Å². The molecular formula is C13H16N4OS. The molecule has 0 radical (unpaired) electrons. The molecule has 0 saturated heterocycles. The van der Waals surface area contributed by atoms with Gasteiger partial charge in [0, 0.05) is 11.9 Å². The van der Waals surface area contributed by atoms with Crippen molar-refractivity contribution in [1.82, 2.24) is 15.5 Å². The van der Waals surface area contributed by atoms with Crippen LogP contribution in [0.4, 0.5) is 5.69 Å². The summed E-state index contributed by atoms with van der Waals surface area (Å²) in [7, 11) is 0. The SMILES string of the molecule is Nc1c(C(=O)NCC2CCCC2)sc2nnccc12. The first-order valence-electron chi connectivity index (χ1n) is 6.53. The number of hydrogen-bond donors (Lipinski definition) is 2. The molecular weight excluding hydrogens is 260 g/mol. The van der Waals surface area contributed by atoms with E-state index in [-0.39, 0.29) is 5.91 Å². The smallest absolute Gasteiger partial charge is 0.263 e. The van der Waals surface area contributed by atoms with Crippen molar-refractivity contribution in [3.63, 3.8) is 0 Å². The highest BCUT2D eigenvalue weighted by Crippen LogP contribution is 2.31. The van der Waals surface area contributed by atoms with Gasteiger partial charge in [-0.3, -0.25) is 4.79 Å². The van der Waals surface area contributed by atoms with Gasteiger partial charge >= 0.3 is 0 Å². The number of nitrogen functional groups attached to an aromatic ring is 1. The number of carbonyl (C=O) groups excluding carboxylic acids is 1. The van der Waals surface area contributed by atoms with Gasteiger partial charge in [-0.2, -0.15) is 5.10 Å². The van der Waals surface area contributed by atoms with E-state index >= 15 is 0 Å². The molecule has 0 unspecified atom stereocenters. The van der Waals surface area contributed by atoms with Crippen LogP contribution in [-0.2, 0) is 0 Å². The summed E-state index contributed by atoms with van der Waals surface area (Å²) in [6.45, 7) is 0.748. The third-order valence-corrected chi connectivity index (χ3v) is 4.76. The Balaban J connectivity index is 1.75. The molecule has 0 aromatic carbocycles. The Labute approximate surface area is 115 Å². The molecule has 2 aromatic heterocycles. The average molecular weight is 276 g/mol. The van der Waals surface area contributed by atoms with Crippen molar-refractivity contribution < 1.29 is 4.79 Å². The van der Waals surface area contributed by atoms with E-state index in [1.807, 2.05) is 0 Å². The van der Waals surface area contributed by atoms with Crippen LogP contribution in [-0.4, -0.2) is 22.6 Å². The monoisotopic (exact) mass is 276 g/mol. The molecule has 2 heterocycles. The first-order valence-corrected chi connectivity index (χ1v) is 7.35. The molecule has 19 heavy (non-hydrogen) atoms. The van der Waals surface area contributed by atoms with Crippen molar-refractivity contribution in [2.75, 3.05) is 12.3 Å². The lowest BCUT2D eigenvalue weighted by Crippen LogP contribution is -2.28. The molecule has 2 aromatic rings. The number of rotatable bonds is 3. The number of anilines is 1. The molecule has 0 atom stereocenters. The highest BCUT2D eigenvalue weighted by atomic mass is 32.1. The summed E-state index contributed by atoms with van der Waals surface area (Å²) in [5.41, 5.74) is 6.52. The van der Waals surface area contributed by atoms with Crippen molar-refractivity contribution in [2.24, 2.45) is 5.92 Å². The Morgan fingerprint density at radius 1 is 1.47 bits per heavy atom. The third-order valence-electron chi connectivity index (χ3n) is 3.65. The van der Waals surface area contributed by atoms with Crippen LogP contribution < -0.4 is 11.1 Å². The van der Waals surface area contributed by atoms with Crippen LogP contribution in [0.25, 0.3) is 10.2 Å². The summed E-state index contributed by atoms with van der Waals surface area (Å²) in [5.74, 6) is 0.534. The van der Waals surface area contributed by atoms with Gasteiger partial charge in [0.15, 0.2) is 0 Å². The van der Waals surface area contributed by atoms with Gasteiger partial charge in [-0.1, -0.05) is 12.8 Å². The summed E-state index contributed by atoms with van der Waals surface area (Å²) >= 11 is 1.30. The summed E-state index contributed by atoms with van der Waals surface area (Å²) in [6, 6.07) is 1.79. The van der Waals surface area contributed by atoms with Gasteiger partial charge < -0.3 is 11.1 Å². The lowest BCUT2D eigenvalue weighted by atomic mass is 10.1. The molecule has 0 aliphatic heterocycles. The molecule has 0 bridgehead atoms. The fourth-order valence-corrected chi connectivity index (χ4v) is 3.53. The number of nitrogens with zero attached hydrogens (tertiary/aromatic N) is 2. The van der Waals surface area contributed by atoms with Crippen LogP contribution in [0.3, 0.4) is 0 Å². The van der Waals surface area contributed by atoms with E-state index in [0.29, 0.717) is 21.3 Å². The van der Waals surface area contributed by atoms with Crippen LogP contribution in [0.15, 0.2) is 12.3 Å². The molecule has 3 N–H and O–H groups in total. The van der Waals surface area contributed by atoms with E-state index in [1.54, 1.807) is 12.3 Å². The van der Waals surface area contributed by atoms with E-state index in [4.69, 9.17) is 5.73 Å². The van der Waals surface area contributed by atoms with Gasteiger partial charge in [0.25, 0.3) is 5.91 Å². The topological polar surface area (TPSA) is 80.9 Å². The molecule has 1 aliphatic carbocycles. The maximum Gasteiger partial charge on any atom is 0.263 e. The molecule has 1 amide bonds. The van der Waals surface area contributed by atoms with Crippen molar-refractivity contribution >= 4 is 33.1 Å². The van der Waals surface area contributed by atoms with E-state index in [2.05, 4.69) is 15.5 Å². The summed E-state index contributed by atoms with van der Waals surface area (Å²) < 4.78 is 0. The highest BCUT2D eigenvalue weighted by molar-refractivity contribution is 7.21. The maximum atomic E-state index is 12.2. The van der Waals surface area contributed by atoms with Gasteiger partial charge in [0.2, 0.25) is 0 Å². The van der Waals surface area contributed by atoms with E-state index in [0.717, 1.165) is 11.9 Å². The zero-order valence-corrected chi connectivity index (χ0v) is 11.4. The fourth-order valence-electron chi connectivity index (χ4n) is 2.57. The maximum absolute atomic E-state index is 12.2.